The molecule has 1 aliphatic heterocycles. The number of rotatable bonds is 3. The maximum atomic E-state index is 6.04. The Balaban J connectivity index is 2.10. The second kappa shape index (κ2) is 6.37. The van der Waals surface area contributed by atoms with Gasteiger partial charge in [0.1, 0.15) is 12.4 Å². The minimum atomic E-state index is 0.636. The van der Waals surface area contributed by atoms with Crippen molar-refractivity contribution in [3.63, 3.8) is 0 Å². The van der Waals surface area contributed by atoms with Gasteiger partial charge in [0, 0.05) is 12.1 Å². The minimum Gasteiger partial charge on any atom is -0.488 e. The van der Waals surface area contributed by atoms with E-state index in [1.54, 1.807) is 0 Å². The average molecular weight is 293 g/mol. The van der Waals surface area contributed by atoms with E-state index in [-0.39, 0.29) is 0 Å². The van der Waals surface area contributed by atoms with Crippen molar-refractivity contribution in [1.82, 2.24) is 4.90 Å². The molecule has 1 aliphatic rings. The van der Waals surface area contributed by atoms with Crippen molar-refractivity contribution in [3.05, 3.63) is 70.8 Å². The first-order valence-electron chi connectivity index (χ1n) is 7.82. The summed E-state index contributed by atoms with van der Waals surface area (Å²) in [7, 11) is 4.22. The lowest BCUT2D eigenvalue weighted by Gasteiger charge is -2.13. The zero-order valence-electron chi connectivity index (χ0n) is 13.6. The number of fused-ring (bicyclic) bond motifs is 2. The van der Waals surface area contributed by atoms with E-state index in [2.05, 4.69) is 74.5 Å². The van der Waals surface area contributed by atoms with Gasteiger partial charge in [0.2, 0.25) is 0 Å². The molecule has 2 aromatic carbocycles. The van der Waals surface area contributed by atoms with E-state index < -0.39 is 0 Å². The second-order valence-corrected chi connectivity index (χ2v) is 6.16. The SMILES string of the molecule is Cc1ccc2c(c1)/C(=C/CCN(C)C)c1ccccc1CO2. The van der Waals surface area contributed by atoms with Gasteiger partial charge in [0.25, 0.3) is 0 Å². The fourth-order valence-electron chi connectivity index (χ4n) is 2.88. The van der Waals surface area contributed by atoms with Crippen LogP contribution in [0.1, 0.15) is 28.7 Å². The molecule has 3 rings (SSSR count). The highest BCUT2D eigenvalue weighted by atomic mass is 16.5. The highest BCUT2D eigenvalue weighted by molar-refractivity contribution is 5.85. The summed E-state index contributed by atoms with van der Waals surface area (Å²) in [6.45, 7) is 3.82. The van der Waals surface area contributed by atoms with Crippen molar-refractivity contribution in [2.45, 2.75) is 20.0 Å². The summed E-state index contributed by atoms with van der Waals surface area (Å²) in [5, 5.41) is 0. The molecule has 2 aromatic rings. The van der Waals surface area contributed by atoms with Gasteiger partial charge in [-0.05, 0) is 56.3 Å². The van der Waals surface area contributed by atoms with Crippen LogP contribution in [0.25, 0.3) is 5.57 Å². The Hall–Kier alpha value is -2.06. The van der Waals surface area contributed by atoms with Crippen LogP contribution in [0.5, 0.6) is 5.75 Å². The first-order valence-corrected chi connectivity index (χ1v) is 7.82. The van der Waals surface area contributed by atoms with Crippen molar-refractivity contribution in [2.75, 3.05) is 20.6 Å². The molecule has 0 N–H and O–H groups in total. The highest BCUT2D eigenvalue weighted by Gasteiger charge is 2.18. The normalized spacial score (nSPS) is 15.2. The molecule has 0 saturated heterocycles. The van der Waals surface area contributed by atoms with Gasteiger partial charge in [-0.3, -0.25) is 0 Å². The Morgan fingerprint density at radius 2 is 1.91 bits per heavy atom. The Morgan fingerprint density at radius 3 is 2.73 bits per heavy atom. The third-order valence-electron chi connectivity index (χ3n) is 4.04. The molecule has 0 spiro atoms. The van der Waals surface area contributed by atoms with Crippen LogP contribution in [0.3, 0.4) is 0 Å². The standard InChI is InChI=1S/C20H23NO/c1-15-10-11-20-19(13-15)18(9-6-12-21(2)3)17-8-5-4-7-16(17)14-22-20/h4-5,7-11,13H,6,12,14H2,1-3H3/b18-9+. The Kier molecular flexibility index (Phi) is 4.30. The average Bonchev–Trinajstić information content (AvgIpc) is 2.65. The quantitative estimate of drug-likeness (QED) is 0.838. The van der Waals surface area contributed by atoms with Gasteiger partial charge in [-0.25, -0.2) is 0 Å². The maximum absolute atomic E-state index is 6.04. The fraction of sp³-hybridized carbons (Fsp3) is 0.300. The predicted octanol–water partition coefficient (Wildman–Crippen LogP) is 4.27. The number of aryl methyl sites for hydroxylation is 1. The van der Waals surface area contributed by atoms with Gasteiger partial charge in [-0.1, -0.05) is 42.0 Å². The van der Waals surface area contributed by atoms with Gasteiger partial charge in [0.05, 0.1) is 0 Å². The van der Waals surface area contributed by atoms with E-state index in [9.17, 15) is 0 Å². The summed E-state index contributed by atoms with van der Waals surface area (Å²) in [5.74, 6) is 0.984. The Morgan fingerprint density at radius 1 is 1.09 bits per heavy atom. The Labute approximate surface area is 133 Å². The van der Waals surface area contributed by atoms with Crippen molar-refractivity contribution in [1.29, 1.82) is 0 Å². The molecule has 0 atom stereocenters. The lowest BCUT2D eigenvalue weighted by atomic mass is 9.92. The van der Waals surface area contributed by atoms with E-state index in [0.29, 0.717) is 6.61 Å². The fourth-order valence-corrected chi connectivity index (χ4v) is 2.88. The molecule has 114 valence electrons. The third-order valence-corrected chi connectivity index (χ3v) is 4.04. The van der Waals surface area contributed by atoms with Gasteiger partial charge in [-0.2, -0.15) is 0 Å². The lowest BCUT2D eigenvalue weighted by Crippen LogP contribution is -2.12. The van der Waals surface area contributed by atoms with E-state index in [4.69, 9.17) is 4.74 Å². The third kappa shape index (κ3) is 3.07. The molecule has 0 aromatic heterocycles. The number of nitrogens with zero attached hydrogens (tertiary/aromatic N) is 1. The maximum Gasteiger partial charge on any atom is 0.127 e. The highest BCUT2D eigenvalue weighted by Crippen LogP contribution is 2.37. The molecule has 2 nitrogen and oxygen atoms in total. The number of benzene rings is 2. The molecule has 0 saturated carbocycles. The molecular formula is C20H23NO. The zero-order valence-corrected chi connectivity index (χ0v) is 13.6. The van der Waals surface area contributed by atoms with Crippen LogP contribution in [0, 0.1) is 6.92 Å². The molecule has 22 heavy (non-hydrogen) atoms. The van der Waals surface area contributed by atoms with Crippen LogP contribution in [-0.2, 0) is 6.61 Å². The lowest BCUT2D eigenvalue weighted by molar-refractivity contribution is 0.307. The monoisotopic (exact) mass is 293 g/mol. The minimum absolute atomic E-state index is 0.636. The predicted molar refractivity (Wildman–Crippen MR) is 92.2 cm³/mol. The van der Waals surface area contributed by atoms with Crippen LogP contribution < -0.4 is 4.74 Å². The first kappa shape index (κ1) is 14.9. The van der Waals surface area contributed by atoms with Crippen molar-refractivity contribution >= 4 is 5.57 Å². The van der Waals surface area contributed by atoms with Crippen LogP contribution in [0.15, 0.2) is 48.5 Å². The van der Waals surface area contributed by atoms with E-state index in [0.717, 1.165) is 18.7 Å². The molecule has 0 aliphatic carbocycles. The molecule has 1 heterocycles. The van der Waals surface area contributed by atoms with Crippen molar-refractivity contribution in [3.8, 4) is 5.75 Å². The van der Waals surface area contributed by atoms with Crippen LogP contribution >= 0.6 is 0 Å². The summed E-state index contributed by atoms with van der Waals surface area (Å²) in [5.41, 5.74) is 6.33. The molecule has 0 unspecified atom stereocenters. The number of hydrogen-bond acceptors (Lipinski definition) is 2. The van der Waals surface area contributed by atoms with Crippen LogP contribution in [-0.4, -0.2) is 25.5 Å². The van der Waals surface area contributed by atoms with Crippen LogP contribution in [0.4, 0.5) is 0 Å². The summed E-state index contributed by atoms with van der Waals surface area (Å²) in [6.07, 6.45) is 3.38. The summed E-state index contributed by atoms with van der Waals surface area (Å²) in [4.78, 5) is 2.22. The molecular weight excluding hydrogens is 270 g/mol. The molecule has 0 radical (unpaired) electrons. The van der Waals surface area contributed by atoms with Gasteiger partial charge in [0.15, 0.2) is 0 Å². The van der Waals surface area contributed by atoms with E-state index in [1.807, 2.05) is 0 Å². The summed E-state index contributed by atoms with van der Waals surface area (Å²) in [6, 6.07) is 15.0. The molecule has 2 heteroatoms. The Bertz CT molecular complexity index is 701. The molecule has 0 bridgehead atoms. The number of ether oxygens (including phenoxy) is 1. The number of hydrogen-bond donors (Lipinski definition) is 0. The second-order valence-electron chi connectivity index (χ2n) is 6.16. The largest absolute Gasteiger partial charge is 0.488 e. The molecule has 0 fully saturated rings. The summed E-state index contributed by atoms with van der Waals surface area (Å²) >= 11 is 0. The summed E-state index contributed by atoms with van der Waals surface area (Å²) < 4.78 is 6.04. The van der Waals surface area contributed by atoms with Gasteiger partial charge in [-0.15, -0.1) is 0 Å². The van der Waals surface area contributed by atoms with Crippen LogP contribution in [0.2, 0.25) is 0 Å². The van der Waals surface area contributed by atoms with E-state index in [1.165, 1.54) is 27.8 Å². The first-order chi connectivity index (χ1) is 10.6. The smallest absolute Gasteiger partial charge is 0.127 e. The zero-order chi connectivity index (χ0) is 15.5. The van der Waals surface area contributed by atoms with E-state index >= 15 is 0 Å². The van der Waals surface area contributed by atoms with Crippen molar-refractivity contribution < 1.29 is 4.74 Å². The topological polar surface area (TPSA) is 12.5 Å². The van der Waals surface area contributed by atoms with Gasteiger partial charge < -0.3 is 9.64 Å². The van der Waals surface area contributed by atoms with Gasteiger partial charge >= 0.3 is 0 Å². The van der Waals surface area contributed by atoms with Crippen molar-refractivity contribution in [2.24, 2.45) is 0 Å². The molecule has 0 amide bonds.